The maximum absolute atomic E-state index is 6.53. The van der Waals surface area contributed by atoms with Crippen molar-refractivity contribution in [3.63, 3.8) is 0 Å². The highest BCUT2D eigenvalue weighted by molar-refractivity contribution is 5.43. The van der Waals surface area contributed by atoms with Gasteiger partial charge in [-0.1, -0.05) is 24.3 Å². The molecule has 3 atom stereocenters. The molecule has 3 unspecified atom stereocenters. The van der Waals surface area contributed by atoms with Crippen molar-refractivity contribution in [1.82, 2.24) is 4.90 Å². The Morgan fingerprint density at radius 2 is 1.57 bits per heavy atom. The molecule has 2 aromatic rings. The van der Waals surface area contributed by atoms with Gasteiger partial charge in [-0.2, -0.15) is 0 Å². The lowest BCUT2D eigenvalue weighted by Crippen LogP contribution is -2.45. The molecule has 6 rings (SSSR count). The molecule has 200 valence electrons. The highest BCUT2D eigenvalue weighted by Crippen LogP contribution is 2.38. The summed E-state index contributed by atoms with van der Waals surface area (Å²) in [5.41, 5.74) is 3.89. The summed E-state index contributed by atoms with van der Waals surface area (Å²) in [4.78, 5) is 2.79. The normalized spacial score (nSPS) is 29.7. The van der Waals surface area contributed by atoms with Crippen LogP contribution < -0.4 is 9.47 Å². The Labute approximate surface area is 222 Å². The molecule has 1 aliphatic carbocycles. The zero-order valence-electron chi connectivity index (χ0n) is 22.4. The molecule has 0 N–H and O–H groups in total. The lowest BCUT2D eigenvalue weighted by atomic mass is 9.90. The van der Waals surface area contributed by atoms with Crippen LogP contribution in [0.2, 0.25) is 0 Å². The number of fused-ring (bicyclic) bond motifs is 1. The molecule has 0 aromatic heterocycles. The lowest BCUT2D eigenvalue weighted by molar-refractivity contribution is 0.0633. The fourth-order valence-electron chi connectivity index (χ4n) is 6.82. The van der Waals surface area contributed by atoms with Crippen LogP contribution in [-0.4, -0.2) is 56.6 Å². The van der Waals surface area contributed by atoms with E-state index in [0.717, 1.165) is 63.6 Å². The lowest BCUT2D eigenvalue weighted by Gasteiger charge is -2.39. The number of rotatable bonds is 8. The van der Waals surface area contributed by atoms with Crippen LogP contribution in [0.15, 0.2) is 42.5 Å². The zero-order valence-corrected chi connectivity index (χ0v) is 22.4. The fraction of sp³-hybridized carbons (Fsp3) is 0.625. The van der Waals surface area contributed by atoms with Gasteiger partial charge in [-0.05, 0) is 105 Å². The molecule has 1 saturated carbocycles. The summed E-state index contributed by atoms with van der Waals surface area (Å²) >= 11 is 0. The minimum atomic E-state index is 0.144. The Morgan fingerprint density at radius 1 is 0.838 bits per heavy atom. The number of hydrogen-bond donors (Lipinski definition) is 0. The second kappa shape index (κ2) is 11.8. The van der Waals surface area contributed by atoms with Crippen LogP contribution in [0.4, 0.5) is 0 Å². The second-order valence-electron chi connectivity index (χ2n) is 11.7. The van der Waals surface area contributed by atoms with Gasteiger partial charge in [0, 0.05) is 32.3 Å². The maximum Gasteiger partial charge on any atom is 0.124 e. The molecule has 4 aliphatic rings. The highest BCUT2D eigenvalue weighted by atomic mass is 16.5. The monoisotopic (exact) mass is 505 g/mol. The molecular weight excluding hydrogens is 462 g/mol. The number of hydrogen-bond acceptors (Lipinski definition) is 5. The van der Waals surface area contributed by atoms with E-state index in [4.69, 9.17) is 18.9 Å². The third-order valence-electron chi connectivity index (χ3n) is 9.01. The van der Waals surface area contributed by atoms with Crippen LogP contribution in [0.1, 0.15) is 67.7 Å². The number of aryl methyl sites for hydroxylation is 2. The molecule has 0 amide bonds. The average molecular weight is 506 g/mol. The van der Waals surface area contributed by atoms with E-state index in [2.05, 4.69) is 54.3 Å². The summed E-state index contributed by atoms with van der Waals surface area (Å²) in [5.74, 6) is 3.40. The van der Waals surface area contributed by atoms with Crippen molar-refractivity contribution < 1.29 is 18.9 Å². The van der Waals surface area contributed by atoms with Gasteiger partial charge in [-0.3, -0.25) is 4.90 Å². The van der Waals surface area contributed by atoms with Crippen molar-refractivity contribution in [2.24, 2.45) is 11.8 Å². The van der Waals surface area contributed by atoms with Crippen molar-refractivity contribution in [2.45, 2.75) is 76.5 Å². The van der Waals surface area contributed by atoms with Gasteiger partial charge in [0.2, 0.25) is 0 Å². The molecule has 3 fully saturated rings. The van der Waals surface area contributed by atoms with Gasteiger partial charge < -0.3 is 18.9 Å². The fourth-order valence-corrected chi connectivity index (χ4v) is 6.82. The first-order valence-corrected chi connectivity index (χ1v) is 14.6. The van der Waals surface area contributed by atoms with Gasteiger partial charge in [0.25, 0.3) is 0 Å². The van der Waals surface area contributed by atoms with Crippen LogP contribution in [0.5, 0.6) is 11.5 Å². The molecule has 3 heterocycles. The third-order valence-corrected chi connectivity index (χ3v) is 9.01. The number of benzene rings is 2. The minimum absolute atomic E-state index is 0.144. The van der Waals surface area contributed by atoms with Crippen molar-refractivity contribution in [1.29, 1.82) is 0 Å². The van der Waals surface area contributed by atoms with E-state index in [0.29, 0.717) is 24.0 Å². The molecule has 5 heteroatoms. The molecule has 37 heavy (non-hydrogen) atoms. The van der Waals surface area contributed by atoms with Crippen LogP contribution in [-0.2, 0) is 15.9 Å². The smallest absolute Gasteiger partial charge is 0.124 e. The van der Waals surface area contributed by atoms with E-state index in [1.165, 1.54) is 55.5 Å². The van der Waals surface area contributed by atoms with E-state index in [1.54, 1.807) is 0 Å². The van der Waals surface area contributed by atoms with Gasteiger partial charge in [-0.25, -0.2) is 0 Å². The Hall–Kier alpha value is -2.08. The first-order valence-electron chi connectivity index (χ1n) is 14.6. The number of ether oxygens (including phenoxy) is 4. The molecule has 2 aromatic carbocycles. The molecule has 0 bridgehead atoms. The SMILES string of the molecule is Cc1ccccc1C1CCc2cc(OC3CCC(N(CC4CCOC4)CC4CCOC4)CC3)ccc2O1. The van der Waals surface area contributed by atoms with E-state index < -0.39 is 0 Å². The summed E-state index contributed by atoms with van der Waals surface area (Å²) in [6.45, 7) is 8.27. The predicted molar refractivity (Wildman–Crippen MR) is 145 cm³/mol. The zero-order chi connectivity index (χ0) is 25.0. The molecule has 5 nitrogen and oxygen atoms in total. The average Bonchev–Trinajstić information content (AvgIpc) is 3.64. The first kappa shape index (κ1) is 25.2. The maximum atomic E-state index is 6.53. The summed E-state index contributed by atoms with van der Waals surface area (Å²) < 4.78 is 24.3. The summed E-state index contributed by atoms with van der Waals surface area (Å²) in [6.07, 6.45) is 9.63. The summed E-state index contributed by atoms with van der Waals surface area (Å²) in [7, 11) is 0. The second-order valence-corrected chi connectivity index (χ2v) is 11.7. The first-order chi connectivity index (χ1) is 18.2. The molecule has 0 spiro atoms. The quantitative estimate of drug-likeness (QED) is 0.432. The van der Waals surface area contributed by atoms with E-state index in [1.807, 2.05) is 0 Å². The molecular formula is C32H43NO4. The minimum Gasteiger partial charge on any atom is -0.490 e. The van der Waals surface area contributed by atoms with Crippen LogP contribution >= 0.6 is 0 Å². The van der Waals surface area contributed by atoms with Crippen molar-refractivity contribution in [2.75, 3.05) is 39.5 Å². The van der Waals surface area contributed by atoms with Gasteiger partial charge in [0.15, 0.2) is 0 Å². The van der Waals surface area contributed by atoms with Crippen LogP contribution in [0.25, 0.3) is 0 Å². The molecule has 3 aliphatic heterocycles. The van der Waals surface area contributed by atoms with Gasteiger partial charge in [0.05, 0.1) is 19.3 Å². The molecule has 0 radical (unpaired) electrons. The van der Waals surface area contributed by atoms with Gasteiger partial charge in [-0.15, -0.1) is 0 Å². The van der Waals surface area contributed by atoms with Crippen molar-refractivity contribution >= 4 is 0 Å². The van der Waals surface area contributed by atoms with Gasteiger partial charge in [0.1, 0.15) is 17.6 Å². The Kier molecular flexibility index (Phi) is 8.01. The topological polar surface area (TPSA) is 40.2 Å². The Morgan fingerprint density at radius 3 is 2.24 bits per heavy atom. The van der Waals surface area contributed by atoms with Crippen LogP contribution in [0, 0.1) is 18.8 Å². The molecule has 2 saturated heterocycles. The van der Waals surface area contributed by atoms with E-state index in [-0.39, 0.29) is 6.10 Å². The summed E-state index contributed by atoms with van der Waals surface area (Å²) in [5, 5.41) is 0. The number of nitrogens with zero attached hydrogens (tertiary/aromatic N) is 1. The Bertz CT molecular complexity index is 1000. The largest absolute Gasteiger partial charge is 0.490 e. The van der Waals surface area contributed by atoms with Crippen molar-refractivity contribution in [3.05, 3.63) is 59.2 Å². The third kappa shape index (κ3) is 6.16. The van der Waals surface area contributed by atoms with Crippen molar-refractivity contribution in [3.8, 4) is 11.5 Å². The van der Waals surface area contributed by atoms with Gasteiger partial charge >= 0.3 is 0 Å². The van der Waals surface area contributed by atoms with Crippen LogP contribution in [0.3, 0.4) is 0 Å². The Balaban J connectivity index is 1.03. The van der Waals surface area contributed by atoms with E-state index in [9.17, 15) is 0 Å². The predicted octanol–water partition coefficient (Wildman–Crippen LogP) is 6.13. The highest BCUT2D eigenvalue weighted by Gasteiger charge is 2.32. The standard InChI is InChI=1S/C32H43NO4/c1-23-4-2-3-5-30(23)32-12-6-26-18-29(11-13-31(26)37-32)36-28-9-7-27(8-10-28)33(19-24-14-16-34-21-24)20-25-15-17-35-22-25/h2-5,11,13,18,24-25,27-28,32H,6-10,12,14-17,19-22H2,1H3. The van der Waals surface area contributed by atoms with E-state index >= 15 is 0 Å². The summed E-state index contributed by atoms with van der Waals surface area (Å²) in [6, 6.07) is 15.7.